The van der Waals surface area contributed by atoms with Gasteiger partial charge in [0.2, 0.25) is 5.91 Å². The molecule has 0 fully saturated rings. The van der Waals surface area contributed by atoms with Crippen LogP contribution in [0.4, 0.5) is 0 Å². The van der Waals surface area contributed by atoms with Crippen LogP contribution in [0.2, 0.25) is 0 Å². The summed E-state index contributed by atoms with van der Waals surface area (Å²) < 4.78 is 5.50. The molecule has 0 radical (unpaired) electrons. The molecule has 0 rings (SSSR count). The normalized spacial score (nSPS) is 12.5. The maximum Gasteiger partial charge on any atom is 0.305 e. The molecule has 0 aliphatic rings. The zero-order valence-electron chi connectivity index (χ0n) is 45.0. The van der Waals surface area contributed by atoms with E-state index in [0.29, 0.717) is 25.9 Å². The lowest BCUT2D eigenvalue weighted by atomic mass is 10.0. The Bertz CT molecular complexity index is 944. The van der Waals surface area contributed by atoms with Crippen molar-refractivity contribution in [3.63, 3.8) is 0 Å². The molecular weight excluding hydrogens is 815 g/mol. The van der Waals surface area contributed by atoms with E-state index in [1.165, 1.54) is 276 Å². The molecule has 66 heavy (non-hydrogen) atoms. The third kappa shape index (κ3) is 52.2. The standard InChI is InChI=1S/C60H119NO5/c1-3-5-7-9-11-13-15-16-17-18-25-28-31-34-38-42-46-50-54-60(65)66-55-51-47-43-39-35-32-29-26-23-21-19-20-22-24-27-30-33-37-41-45-49-53-59(64)61-57(56-62)58(63)52-48-44-40-36-14-12-10-8-6-4-2/h57-58,62-63H,3-56H2,1-2H3,(H,61,64). The SMILES string of the molecule is CCCCCCCCCCCCCCCCCCCCC(=O)OCCCCCCCCCCCCCCCCCCCCCCCC(=O)NC(CO)C(O)CCCCCCCCCCCC. The molecule has 0 heterocycles. The van der Waals surface area contributed by atoms with Gasteiger partial charge < -0.3 is 20.3 Å². The van der Waals surface area contributed by atoms with E-state index >= 15 is 0 Å². The molecule has 0 aromatic heterocycles. The predicted molar refractivity (Wildman–Crippen MR) is 287 cm³/mol. The van der Waals surface area contributed by atoms with Gasteiger partial charge in [-0.05, 0) is 25.7 Å². The van der Waals surface area contributed by atoms with Crippen LogP contribution in [0, 0.1) is 0 Å². The fourth-order valence-corrected chi connectivity index (χ4v) is 9.76. The lowest BCUT2D eigenvalue weighted by Gasteiger charge is -2.22. The van der Waals surface area contributed by atoms with Gasteiger partial charge in [-0.15, -0.1) is 0 Å². The first-order valence-corrected chi connectivity index (χ1v) is 30.3. The number of rotatable bonds is 57. The fourth-order valence-electron chi connectivity index (χ4n) is 9.76. The second kappa shape index (κ2) is 56.4. The van der Waals surface area contributed by atoms with E-state index in [1.807, 2.05) is 0 Å². The van der Waals surface area contributed by atoms with Gasteiger partial charge in [0.15, 0.2) is 0 Å². The quantitative estimate of drug-likeness (QED) is 0.0417. The van der Waals surface area contributed by atoms with Gasteiger partial charge in [-0.1, -0.05) is 309 Å². The van der Waals surface area contributed by atoms with Gasteiger partial charge in [0.25, 0.3) is 0 Å². The molecule has 6 nitrogen and oxygen atoms in total. The predicted octanol–water partition coefficient (Wildman–Crippen LogP) is 18.7. The van der Waals surface area contributed by atoms with Gasteiger partial charge in [-0.3, -0.25) is 9.59 Å². The average Bonchev–Trinajstić information content (AvgIpc) is 3.32. The average molecular weight is 935 g/mol. The third-order valence-corrected chi connectivity index (χ3v) is 14.4. The molecule has 0 spiro atoms. The van der Waals surface area contributed by atoms with Crippen LogP contribution in [0.25, 0.3) is 0 Å². The molecule has 1 amide bonds. The molecule has 0 saturated carbocycles. The summed E-state index contributed by atoms with van der Waals surface area (Å²) in [5.41, 5.74) is 0. The highest BCUT2D eigenvalue weighted by Gasteiger charge is 2.20. The van der Waals surface area contributed by atoms with Crippen LogP contribution in [0.5, 0.6) is 0 Å². The van der Waals surface area contributed by atoms with Crippen LogP contribution >= 0.6 is 0 Å². The smallest absolute Gasteiger partial charge is 0.305 e. The van der Waals surface area contributed by atoms with E-state index in [9.17, 15) is 19.8 Å². The number of ether oxygens (including phenoxy) is 1. The van der Waals surface area contributed by atoms with Crippen LogP contribution in [-0.2, 0) is 14.3 Å². The molecule has 0 aliphatic carbocycles. The van der Waals surface area contributed by atoms with Gasteiger partial charge in [0.1, 0.15) is 0 Å². The Kier molecular flexibility index (Phi) is 55.5. The first kappa shape index (κ1) is 64.9. The van der Waals surface area contributed by atoms with E-state index in [1.54, 1.807) is 0 Å². The van der Waals surface area contributed by atoms with Crippen molar-refractivity contribution in [1.29, 1.82) is 0 Å². The number of carbonyl (C=O) groups is 2. The molecule has 2 atom stereocenters. The van der Waals surface area contributed by atoms with E-state index in [4.69, 9.17) is 4.74 Å². The number of aliphatic hydroxyl groups is 2. The lowest BCUT2D eigenvalue weighted by molar-refractivity contribution is -0.143. The number of amides is 1. The maximum absolute atomic E-state index is 12.4. The van der Waals surface area contributed by atoms with Gasteiger partial charge in [0.05, 0.1) is 25.4 Å². The second-order valence-corrected chi connectivity index (χ2v) is 21.1. The highest BCUT2D eigenvalue weighted by atomic mass is 16.5. The minimum Gasteiger partial charge on any atom is -0.466 e. The number of carbonyl (C=O) groups excluding carboxylic acids is 2. The topological polar surface area (TPSA) is 95.9 Å². The van der Waals surface area contributed by atoms with E-state index in [-0.39, 0.29) is 18.5 Å². The minimum atomic E-state index is -0.662. The molecule has 0 saturated heterocycles. The number of hydrogen-bond donors (Lipinski definition) is 3. The Morgan fingerprint density at radius 2 is 0.621 bits per heavy atom. The molecule has 3 N–H and O–H groups in total. The molecule has 0 bridgehead atoms. The summed E-state index contributed by atoms with van der Waals surface area (Å²) in [6.07, 6.45) is 65.4. The van der Waals surface area contributed by atoms with Crippen molar-refractivity contribution in [1.82, 2.24) is 5.32 Å². The molecule has 394 valence electrons. The molecule has 2 unspecified atom stereocenters. The van der Waals surface area contributed by atoms with Gasteiger partial charge in [0, 0.05) is 12.8 Å². The maximum atomic E-state index is 12.4. The van der Waals surface area contributed by atoms with Crippen LogP contribution in [0.1, 0.15) is 348 Å². The Morgan fingerprint density at radius 3 is 0.924 bits per heavy atom. The summed E-state index contributed by atoms with van der Waals surface area (Å²) >= 11 is 0. The first-order valence-electron chi connectivity index (χ1n) is 30.3. The van der Waals surface area contributed by atoms with E-state index < -0.39 is 12.1 Å². The van der Waals surface area contributed by atoms with Crippen molar-refractivity contribution < 1.29 is 24.5 Å². The molecule has 0 aromatic rings. The zero-order valence-corrected chi connectivity index (χ0v) is 45.0. The fraction of sp³-hybridized carbons (Fsp3) is 0.967. The second-order valence-electron chi connectivity index (χ2n) is 21.1. The Morgan fingerprint density at radius 1 is 0.364 bits per heavy atom. The van der Waals surface area contributed by atoms with Crippen LogP contribution < -0.4 is 5.32 Å². The van der Waals surface area contributed by atoms with Gasteiger partial charge >= 0.3 is 5.97 Å². The van der Waals surface area contributed by atoms with Gasteiger partial charge in [-0.2, -0.15) is 0 Å². The number of esters is 1. The summed E-state index contributed by atoms with van der Waals surface area (Å²) in [6.45, 7) is 4.97. The van der Waals surface area contributed by atoms with E-state index in [2.05, 4.69) is 19.2 Å². The highest BCUT2D eigenvalue weighted by molar-refractivity contribution is 5.76. The summed E-state index contributed by atoms with van der Waals surface area (Å²) in [7, 11) is 0. The summed E-state index contributed by atoms with van der Waals surface area (Å²) in [5, 5.41) is 23.1. The Hall–Kier alpha value is -1.14. The number of unbranched alkanes of at least 4 members (excludes halogenated alkanes) is 46. The zero-order chi connectivity index (χ0) is 47.9. The van der Waals surface area contributed by atoms with Crippen LogP contribution in [0.15, 0.2) is 0 Å². The molecule has 6 heteroatoms. The largest absolute Gasteiger partial charge is 0.466 e. The molecular formula is C60H119NO5. The van der Waals surface area contributed by atoms with Crippen molar-refractivity contribution in [2.75, 3.05) is 13.2 Å². The van der Waals surface area contributed by atoms with Crippen LogP contribution in [0.3, 0.4) is 0 Å². The van der Waals surface area contributed by atoms with Crippen molar-refractivity contribution in [2.45, 2.75) is 360 Å². The van der Waals surface area contributed by atoms with Crippen molar-refractivity contribution in [3.05, 3.63) is 0 Å². The number of nitrogens with one attached hydrogen (secondary N) is 1. The molecule has 0 aliphatic heterocycles. The summed E-state index contributed by atoms with van der Waals surface area (Å²) in [5.74, 6) is -0.0185. The summed E-state index contributed by atoms with van der Waals surface area (Å²) in [6, 6.07) is -0.539. The first-order chi connectivity index (χ1) is 32.5. The third-order valence-electron chi connectivity index (χ3n) is 14.4. The lowest BCUT2D eigenvalue weighted by Crippen LogP contribution is -2.45. The van der Waals surface area contributed by atoms with E-state index in [0.717, 1.165) is 38.5 Å². The van der Waals surface area contributed by atoms with Crippen molar-refractivity contribution >= 4 is 11.9 Å². The summed E-state index contributed by atoms with van der Waals surface area (Å²) in [4.78, 5) is 24.5. The van der Waals surface area contributed by atoms with Crippen molar-refractivity contribution in [2.24, 2.45) is 0 Å². The Labute approximate surface area is 413 Å². The molecule has 0 aromatic carbocycles. The number of aliphatic hydroxyl groups excluding tert-OH is 2. The Balaban J connectivity index is 3.32. The van der Waals surface area contributed by atoms with Gasteiger partial charge in [-0.25, -0.2) is 0 Å². The van der Waals surface area contributed by atoms with Crippen LogP contribution in [-0.4, -0.2) is 47.4 Å². The monoisotopic (exact) mass is 934 g/mol. The number of hydrogen-bond acceptors (Lipinski definition) is 5. The van der Waals surface area contributed by atoms with Crippen molar-refractivity contribution in [3.8, 4) is 0 Å². The highest BCUT2D eigenvalue weighted by Crippen LogP contribution is 2.18. The minimum absolute atomic E-state index is 0.0172.